The van der Waals surface area contributed by atoms with E-state index in [9.17, 15) is 15.0 Å². The summed E-state index contributed by atoms with van der Waals surface area (Å²) < 4.78 is 0. The minimum absolute atomic E-state index is 0.0350. The van der Waals surface area contributed by atoms with E-state index in [2.05, 4.69) is 0 Å². The molecule has 3 nitrogen and oxygen atoms in total. The number of Topliss-reactive ketones (excluding diaryl/α,β-unsaturated/α-hetero) is 1. The van der Waals surface area contributed by atoms with Crippen molar-refractivity contribution in [2.24, 2.45) is 5.92 Å². The number of rotatable bonds is 3. The molecule has 0 atom stereocenters. The van der Waals surface area contributed by atoms with Crippen molar-refractivity contribution in [1.29, 1.82) is 0 Å². The Morgan fingerprint density at radius 1 is 1.06 bits per heavy atom. The van der Waals surface area contributed by atoms with Crippen LogP contribution in [0.1, 0.15) is 49.5 Å². The summed E-state index contributed by atoms with van der Waals surface area (Å²) in [7, 11) is 0. The second-order valence-electron chi connectivity index (χ2n) is 4.60. The Kier molecular flexibility index (Phi) is 3.58. The van der Waals surface area contributed by atoms with Gasteiger partial charge >= 0.3 is 0 Å². The zero-order valence-corrected chi connectivity index (χ0v) is 10.1. The molecule has 0 aliphatic rings. The Morgan fingerprint density at radius 3 is 2.06 bits per heavy atom. The van der Waals surface area contributed by atoms with Gasteiger partial charge in [-0.3, -0.25) is 4.79 Å². The van der Waals surface area contributed by atoms with Crippen LogP contribution in [0.3, 0.4) is 0 Å². The molecule has 1 aromatic carbocycles. The summed E-state index contributed by atoms with van der Waals surface area (Å²) in [6.07, 6.45) is 0. The lowest BCUT2D eigenvalue weighted by Gasteiger charge is -2.13. The summed E-state index contributed by atoms with van der Waals surface area (Å²) in [6.45, 7) is 7.42. The first-order valence-corrected chi connectivity index (χ1v) is 5.44. The van der Waals surface area contributed by atoms with Gasteiger partial charge in [-0.15, -0.1) is 0 Å². The van der Waals surface area contributed by atoms with Gasteiger partial charge in [0.15, 0.2) is 5.78 Å². The Bertz CT molecular complexity index is 406. The smallest absolute Gasteiger partial charge is 0.169 e. The molecule has 1 aromatic rings. The first-order valence-electron chi connectivity index (χ1n) is 5.44. The standard InChI is InChI=1S/C13H18O3/c1-7(2)9-5-10(13(16)8(3)4)12(15)6-11(9)14/h5-8,14-15H,1-4H3. The number of hydrogen-bond donors (Lipinski definition) is 2. The minimum Gasteiger partial charge on any atom is -0.508 e. The molecule has 16 heavy (non-hydrogen) atoms. The van der Waals surface area contributed by atoms with E-state index in [-0.39, 0.29) is 34.7 Å². The SMILES string of the molecule is CC(C)C(=O)c1cc(C(C)C)c(O)cc1O. The van der Waals surface area contributed by atoms with Crippen LogP contribution < -0.4 is 0 Å². The summed E-state index contributed by atoms with van der Waals surface area (Å²) in [4.78, 5) is 11.8. The molecule has 0 amide bonds. The number of benzene rings is 1. The molecule has 0 aromatic heterocycles. The van der Waals surface area contributed by atoms with Crippen LogP contribution in [0.5, 0.6) is 11.5 Å². The predicted octanol–water partition coefficient (Wildman–Crippen LogP) is 3.06. The van der Waals surface area contributed by atoms with Crippen molar-refractivity contribution in [2.75, 3.05) is 0 Å². The Morgan fingerprint density at radius 2 is 1.62 bits per heavy atom. The molecule has 0 radical (unpaired) electrons. The van der Waals surface area contributed by atoms with Crippen LogP contribution >= 0.6 is 0 Å². The molecule has 0 unspecified atom stereocenters. The molecule has 2 N–H and O–H groups in total. The first-order chi connectivity index (χ1) is 7.34. The van der Waals surface area contributed by atoms with Gasteiger partial charge in [-0.25, -0.2) is 0 Å². The molecule has 0 spiro atoms. The van der Waals surface area contributed by atoms with Gasteiger partial charge in [-0.05, 0) is 17.5 Å². The number of phenols is 2. The molecule has 3 heteroatoms. The van der Waals surface area contributed by atoms with E-state index in [1.165, 1.54) is 6.07 Å². The molecule has 0 aliphatic heterocycles. The number of phenolic OH excluding ortho intramolecular Hbond substituents is 2. The lowest BCUT2D eigenvalue weighted by atomic mass is 9.94. The van der Waals surface area contributed by atoms with Gasteiger partial charge in [0.25, 0.3) is 0 Å². The first kappa shape index (κ1) is 12.6. The molecule has 0 saturated heterocycles. The van der Waals surface area contributed by atoms with Crippen molar-refractivity contribution < 1.29 is 15.0 Å². The summed E-state index contributed by atoms with van der Waals surface area (Å²) in [5, 5.41) is 19.3. The highest BCUT2D eigenvalue weighted by Crippen LogP contribution is 2.33. The Balaban J connectivity index is 3.30. The molecule has 0 bridgehead atoms. The lowest BCUT2D eigenvalue weighted by molar-refractivity contribution is 0.0936. The van der Waals surface area contributed by atoms with Gasteiger partial charge in [-0.2, -0.15) is 0 Å². The summed E-state index contributed by atoms with van der Waals surface area (Å²) in [5.41, 5.74) is 0.971. The topological polar surface area (TPSA) is 57.5 Å². The quantitative estimate of drug-likeness (QED) is 0.773. The van der Waals surface area contributed by atoms with Gasteiger partial charge in [0.05, 0.1) is 5.56 Å². The van der Waals surface area contributed by atoms with Crippen molar-refractivity contribution >= 4 is 5.78 Å². The molecule has 0 saturated carbocycles. The average molecular weight is 222 g/mol. The van der Waals surface area contributed by atoms with Crippen LogP contribution in [0, 0.1) is 5.92 Å². The van der Waals surface area contributed by atoms with E-state index in [0.29, 0.717) is 5.56 Å². The highest BCUT2D eigenvalue weighted by Gasteiger charge is 2.18. The number of carbonyl (C=O) groups excluding carboxylic acids is 1. The summed E-state index contributed by atoms with van der Waals surface area (Å²) >= 11 is 0. The minimum atomic E-state index is -0.171. The Labute approximate surface area is 95.7 Å². The summed E-state index contributed by atoms with van der Waals surface area (Å²) in [6, 6.07) is 2.82. The van der Waals surface area contributed by atoms with Crippen LogP contribution in [0.15, 0.2) is 12.1 Å². The number of hydrogen-bond acceptors (Lipinski definition) is 3. The van der Waals surface area contributed by atoms with E-state index in [1.807, 2.05) is 13.8 Å². The molecule has 0 fully saturated rings. The monoisotopic (exact) mass is 222 g/mol. The van der Waals surface area contributed by atoms with Gasteiger partial charge in [0, 0.05) is 12.0 Å². The lowest BCUT2D eigenvalue weighted by Crippen LogP contribution is -2.08. The third-order valence-electron chi connectivity index (χ3n) is 2.56. The largest absolute Gasteiger partial charge is 0.508 e. The van der Waals surface area contributed by atoms with Crippen LogP contribution in [0.25, 0.3) is 0 Å². The van der Waals surface area contributed by atoms with E-state index in [1.54, 1.807) is 19.9 Å². The fraction of sp³-hybridized carbons (Fsp3) is 0.462. The molecule has 0 aliphatic carbocycles. The number of carbonyl (C=O) groups is 1. The van der Waals surface area contributed by atoms with Gasteiger partial charge < -0.3 is 10.2 Å². The van der Waals surface area contributed by atoms with Crippen molar-refractivity contribution in [1.82, 2.24) is 0 Å². The maximum absolute atomic E-state index is 11.8. The van der Waals surface area contributed by atoms with Crippen LogP contribution in [-0.4, -0.2) is 16.0 Å². The van der Waals surface area contributed by atoms with Crippen molar-refractivity contribution in [2.45, 2.75) is 33.6 Å². The molecule has 1 rings (SSSR count). The molecule has 0 heterocycles. The van der Waals surface area contributed by atoms with Crippen LogP contribution in [0.2, 0.25) is 0 Å². The highest BCUT2D eigenvalue weighted by molar-refractivity contribution is 6.00. The fourth-order valence-electron chi connectivity index (χ4n) is 1.56. The predicted molar refractivity (Wildman–Crippen MR) is 63.0 cm³/mol. The second-order valence-corrected chi connectivity index (χ2v) is 4.60. The summed E-state index contributed by atoms with van der Waals surface area (Å²) in [5.74, 6) is -0.289. The normalized spacial score (nSPS) is 11.1. The second kappa shape index (κ2) is 4.56. The maximum Gasteiger partial charge on any atom is 0.169 e. The van der Waals surface area contributed by atoms with Crippen LogP contribution in [-0.2, 0) is 0 Å². The van der Waals surface area contributed by atoms with E-state index in [4.69, 9.17) is 0 Å². The zero-order valence-electron chi connectivity index (χ0n) is 10.1. The fourth-order valence-corrected chi connectivity index (χ4v) is 1.56. The van der Waals surface area contributed by atoms with Crippen molar-refractivity contribution in [3.05, 3.63) is 23.3 Å². The van der Waals surface area contributed by atoms with E-state index < -0.39 is 0 Å². The van der Waals surface area contributed by atoms with E-state index in [0.717, 1.165) is 0 Å². The van der Waals surface area contributed by atoms with Gasteiger partial charge in [0.1, 0.15) is 11.5 Å². The number of ketones is 1. The average Bonchev–Trinajstić information content (AvgIpc) is 2.16. The van der Waals surface area contributed by atoms with Gasteiger partial charge in [-0.1, -0.05) is 27.7 Å². The van der Waals surface area contributed by atoms with Crippen LogP contribution in [0.4, 0.5) is 0 Å². The van der Waals surface area contributed by atoms with Crippen molar-refractivity contribution in [3.8, 4) is 11.5 Å². The third kappa shape index (κ3) is 2.35. The van der Waals surface area contributed by atoms with Crippen molar-refractivity contribution in [3.63, 3.8) is 0 Å². The molecular weight excluding hydrogens is 204 g/mol. The van der Waals surface area contributed by atoms with Gasteiger partial charge in [0.2, 0.25) is 0 Å². The Hall–Kier alpha value is -1.51. The molecule has 88 valence electrons. The highest BCUT2D eigenvalue weighted by atomic mass is 16.3. The molecular formula is C13H18O3. The third-order valence-corrected chi connectivity index (χ3v) is 2.56. The number of aromatic hydroxyl groups is 2. The van der Waals surface area contributed by atoms with E-state index >= 15 is 0 Å². The maximum atomic E-state index is 11.8. The zero-order chi connectivity index (χ0) is 12.5.